The molecule has 0 heterocycles. The molecule has 0 saturated heterocycles. The van der Waals surface area contributed by atoms with Crippen LogP contribution in [0.25, 0.3) is 0 Å². The van der Waals surface area contributed by atoms with E-state index in [1.165, 1.54) is 12.1 Å². The Labute approximate surface area is 110 Å². The molecular weight excluding hydrogens is 251 g/mol. The lowest BCUT2D eigenvalue weighted by Crippen LogP contribution is -2.11. The number of benzene rings is 2. The largest absolute Gasteiger partial charge is 0.366 e. The van der Waals surface area contributed by atoms with Gasteiger partial charge in [0.15, 0.2) is 0 Å². The lowest BCUT2D eigenvalue weighted by atomic mass is 10.1. The molecule has 0 bridgehead atoms. The molecule has 0 aromatic heterocycles. The third kappa shape index (κ3) is 2.61. The van der Waals surface area contributed by atoms with Gasteiger partial charge in [0.25, 0.3) is 0 Å². The fraction of sp³-hybridized carbons (Fsp3) is 0.0714. The Kier molecular flexibility index (Phi) is 3.81. The normalized spacial score (nSPS) is 11.6. The second-order valence-corrected chi connectivity index (χ2v) is 4.12. The second-order valence-electron chi connectivity index (χ2n) is 3.71. The van der Waals surface area contributed by atoms with E-state index in [9.17, 15) is 4.39 Å². The van der Waals surface area contributed by atoms with Crippen LogP contribution in [-0.2, 0) is 0 Å². The molecule has 0 aliphatic carbocycles. The zero-order valence-electron chi connectivity index (χ0n) is 9.40. The maximum atomic E-state index is 13.7. The van der Waals surface area contributed by atoms with Crippen molar-refractivity contribution in [3.05, 3.63) is 64.9 Å². The van der Waals surface area contributed by atoms with Crippen molar-refractivity contribution in [3.63, 3.8) is 0 Å². The minimum atomic E-state index is -0.818. The van der Waals surface area contributed by atoms with Gasteiger partial charge >= 0.3 is 0 Å². The molecule has 0 amide bonds. The first-order valence-corrected chi connectivity index (χ1v) is 5.75. The molecule has 4 heteroatoms. The van der Waals surface area contributed by atoms with Gasteiger partial charge in [-0.2, -0.15) is 5.26 Å². The van der Waals surface area contributed by atoms with Crippen molar-refractivity contribution in [2.24, 2.45) is 0 Å². The summed E-state index contributed by atoms with van der Waals surface area (Å²) < 4.78 is 13.7. The summed E-state index contributed by atoms with van der Waals surface area (Å²) in [5, 5.41) is 12.3. The summed E-state index contributed by atoms with van der Waals surface area (Å²) in [6.45, 7) is 0. The second kappa shape index (κ2) is 5.52. The van der Waals surface area contributed by atoms with Gasteiger partial charge in [0.2, 0.25) is 0 Å². The van der Waals surface area contributed by atoms with E-state index in [0.29, 0.717) is 0 Å². The third-order valence-electron chi connectivity index (χ3n) is 2.50. The average molecular weight is 261 g/mol. The molecule has 0 spiro atoms. The number of para-hydroxylation sites is 1. The molecule has 1 atom stereocenters. The van der Waals surface area contributed by atoms with E-state index in [4.69, 9.17) is 16.9 Å². The fourth-order valence-electron chi connectivity index (χ4n) is 1.66. The smallest absolute Gasteiger partial charge is 0.144 e. The van der Waals surface area contributed by atoms with Crippen LogP contribution in [-0.4, -0.2) is 0 Å². The Morgan fingerprint density at radius 3 is 2.44 bits per heavy atom. The molecule has 2 aromatic carbocycles. The van der Waals surface area contributed by atoms with E-state index in [2.05, 4.69) is 5.32 Å². The monoisotopic (exact) mass is 260 g/mol. The molecule has 1 N–H and O–H groups in total. The van der Waals surface area contributed by atoms with Crippen LogP contribution in [0.2, 0.25) is 5.02 Å². The molecular formula is C14H10ClFN2. The van der Waals surface area contributed by atoms with Gasteiger partial charge < -0.3 is 5.32 Å². The van der Waals surface area contributed by atoms with Crippen molar-refractivity contribution in [1.29, 1.82) is 5.26 Å². The Balaban J connectivity index is 2.33. The first-order chi connectivity index (χ1) is 8.72. The van der Waals surface area contributed by atoms with E-state index in [1.807, 2.05) is 24.3 Å². The predicted molar refractivity (Wildman–Crippen MR) is 69.8 cm³/mol. The number of halogens is 2. The summed E-state index contributed by atoms with van der Waals surface area (Å²) in [6.07, 6.45) is 0. The summed E-state index contributed by atoms with van der Waals surface area (Å²) in [5.41, 5.74) is 0.911. The Hall–Kier alpha value is -2.05. The van der Waals surface area contributed by atoms with E-state index in [-0.39, 0.29) is 10.6 Å². The van der Waals surface area contributed by atoms with Crippen LogP contribution in [0, 0.1) is 17.1 Å². The third-order valence-corrected chi connectivity index (χ3v) is 2.83. The highest BCUT2D eigenvalue weighted by Gasteiger charge is 2.18. The molecule has 2 aromatic rings. The number of hydrogen-bond donors (Lipinski definition) is 1. The van der Waals surface area contributed by atoms with Crippen LogP contribution in [0.5, 0.6) is 0 Å². The molecule has 0 saturated carbocycles. The van der Waals surface area contributed by atoms with Crippen molar-refractivity contribution in [2.45, 2.75) is 6.04 Å². The number of hydrogen-bond acceptors (Lipinski definition) is 2. The van der Waals surface area contributed by atoms with E-state index >= 15 is 0 Å². The van der Waals surface area contributed by atoms with Gasteiger partial charge in [-0.3, -0.25) is 0 Å². The standard InChI is InChI=1S/C14H10ClFN2/c15-11-7-4-8-12(16)14(11)13(9-17)18-10-5-2-1-3-6-10/h1-8,13,18H. The highest BCUT2D eigenvalue weighted by Crippen LogP contribution is 2.28. The van der Waals surface area contributed by atoms with Crippen LogP contribution in [0.4, 0.5) is 10.1 Å². The molecule has 0 radical (unpaired) electrons. The van der Waals surface area contributed by atoms with Gasteiger partial charge in [0, 0.05) is 16.3 Å². The molecule has 2 nitrogen and oxygen atoms in total. The van der Waals surface area contributed by atoms with Crippen molar-refractivity contribution < 1.29 is 4.39 Å². The number of anilines is 1. The van der Waals surface area contributed by atoms with Gasteiger partial charge in [0.05, 0.1) is 6.07 Å². The topological polar surface area (TPSA) is 35.8 Å². The summed E-state index contributed by atoms with van der Waals surface area (Å²) in [5.74, 6) is -0.488. The van der Waals surface area contributed by atoms with Crippen LogP contribution >= 0.6 is 11.6 Å². The maximum absolute atomic E-state index is 13.7. The van der Waals surface area contributed by atoms with Gasteiger partial charge in [-0.15, -0.1) is 0 Å². The summed E-state index contributed by atoms with van der Waals surface area (Å²) in [6, 6.07) is 14.7. The molecule has 1 unspecified atom stereocenters. The van der Waals surface area contributed by atoms with E-state index in [0.717, 1.165) is 5.69 Å². The lowest BCUT2D eigenvalue weighted by molar-refractivity contribution is 0.607. The van der Waals surface area contributed by atoms with Gasteiger partial charge in [-0.25, -0.2) is 4.39 Å². The Morgan fingerprint density at radius 2 is 1.83 bits per heavy atom. The number of nitrogens with one attached hydrogen (secondary N) is 1. The first-order valence-electron chi connectivity index (χ1n) is 5.37. The molecule has 18 heavy (non-hydrogen) atoms. The Bertz CT molecular complexity index is 558. The summed E-state index contributed by atoms with van der Waals surface area (Å²) in [7, 11) is 0. The van der Waals surface area contributed by atoms with Gasteiger partial charge in [-0.05, 0) is 24.3 Å². The van der Waals surface area contributed by atoms with Crippen molar-refractivity contribution in [3.8, 4) is 6.07 Å². The van der Waals surface area contributed by atoms with Crippen LogP contribution < -0.4 is 5.32 Å². The lowest BCUT2D eigenvalue weighted by Gasteiger charge is -2.15. The zero-order valence-corrected chi connectivity index (χ0v) is 10.2. The quantitative estimate of drug-likeness (QED) is 0.900. The Morgan fingerprint density at radius 1 is 1.11 bits per heavy atom. The maximum Gasteiger partial charge on any atom is 0.144 e. The van der Waals surface area contributed by atoms with Crippen LogP contribution in [0.1, 0.15) is 11.6 Å². The van der Waals surface area contributed by atoms with Gasteiger partial charge in [-0.1, -0.05) is 35.9 Å². The number of nitriles is 1. The van der Waals surface area contributed by atoms with E-state index < -0.39 is 11.9 Å². The highest BCUT2D eigenvalue weighted by molar-refractivity contribution is 6.31. The van der Waals surface area contributed by atoms with Crippen molar-refractivity contribution >= 4 is 17.3 Å². The van der Waals surface area contributed by atoms with Crippen molar-refractivity contribution in [2.75, 3.05) is 5.32 Å². The zero-order chi connectivity index (χ0) is 13.0. The molecule has 0 aliphatic heterocycles. The molecule has 90 valence electrons. The van der Waals surface area contributed by atoms with Crippen LogP contribution in [0.15, 0.2) is 48.5 Å². The number of rotatable bonds is 3. The van der Waals surface area contributed by atoms with Crippen molar-refractivity contribution in [1.82, 2.24) is 0 Å². The highest BCUT2D eigenvalue weighted by atomic mass is 35.5. The summed E-state index contributed by atoms with van der Waals surface area (Å²) in [4.78, 5) is 0. The summed E-state index contributed by atoms with van der Waals surface area (Å²) >= 11 is 5.94. The molecule has 2 rings (SSSR count). The van der Waals surface area contributed by atoms with Gasteiger partial charge in [0.1, 0.15) is 11.9 Å². The minimum Gasteiger partial charge on any atom is -0.366 e. The average Bonchev–Trinajstić information content (AvgIpc) is 2.38. The molecule has 0 aliphatic rings. The number of nitrogens with zero attached hydrogens (tertiary/aromatic N) is 1. The minimum absolute atomic E-state index is 0.172. The predicted octanol–water partition coefficient (Wildman–Crippen LogP) is 4.16. The SMILES string of the molecule is N#CC(Nc1ccccc1)c1c(F)cccc1Cl. The fourth-order valence-corrected chi connectivity index (χ4v) is 1.93. The first kappa shape index (κ1) is 12.4. The van der Waals surface area contributed by atoms with Crippen LogP contribution in [0.3, 0.4) is 0 Å². The molecule has 0 fully saturated rings. The van der Waals surface area contributed by atoms with E-state index in [1.54, 1.807) is 18.2 Å².